The molecule has 0 aliphatic heterocycles. The minimum absolute atomic E-state index is 0.00404. The zero-order valence-electron chi connectivity index (χ0n) is 9.69. The number of aliphatic hydroxyl groups excluding tert-OH is 1. The van der Waals surface area contributed by atoms with Gasteiger partial charge in [0.1, 0.15) is 5.75 Å². The second kappa shape index (κ2) is 5.19. The molecule has 0 saturated heterocycles. The van der Waals surface area contributed by atoms with E-state index in [0.717, 1.165) is 19.3 Å². The van der Waals surface area contributed by atoms with E-state index in [4.69, 9.17) is 4.74 Å². The Bertz CT molecular complexity index is 368. The van der Waals surface area contributed by atoms with Crippen molar-refractivity contribution in [1.29, 1.82) is 0 Å². The molecule has 1 aromatic rings. The highest BCUT2D eigenvalue weighted by molar-refractivity contribution is 5.78. The Balaban J connectivity index is 1.78. The number of rotatable bonds is 5. The average molecular weight is 235 g/mol. The van der Waals surface area contributed by atoms with E-state index >= 15 is 0 Å². The van der Waals surface area contributed by atoms with Gasteiger partial charge in [-0.3, -0.25) is 4.79 Å². The van der Waals surface area contributed by atoms with Gasteiger partial charge in [-0.15, -0.1) is 0 Å². The van der Waals surface area contributed by atoms with Gasteiger partial charge in [0.05, 0.1) is 12.1 Å². The van der Waals surface area contributed by atoms with Gasteiger partial charge < -0.3 is 15.2 Å². The molecule has 0 spiro atoms. The predicted molar refractivity (Wildman–Crippen MR) is 63.7 cm³/mol. The molecule has 92 valence electrons. The number of ether oxygens (including phenoxy) is 1. The lowest BCUT2D eigenvalue weighted by molar-refractivity contribution is -0.127. The van der Waals surface area contributed by atoms with Crippen molar-refractivity contribution in [3.05, 3.63) is 30.3 Å². The molecular formula is C13H17NO3. The largest absolute Gasteiger partial charge is 0.484 e. The van der Waals surface area contributed by atoms with Crippen LogP contribution in [0.4, 0.5) is 0 Å². The maximum atomic E-state index is 11.6. The highest BCUT2D eigenvalue weighted by Crippen LogP contribution is 2.30. The molecule has 0 heterocycles. The summed E-state index contributed by atoms with van der Waals surface area (Å²) in [7, 11) is 0. The van der Waals surface area contributed by atoms with Crippen molar-refractivity contribution < 1.29 is 14.6 Å². The van der Waals surface area contributed by atoms with Gasteiger partial charge in [-0.2, -0.15) is 0 Å². The molecule has 0 unspecified atom stereocenters. The van der Waals surface area contributed by atoms with Gasteiger partial charge in [-0.25, -0.2) is 0 Å². The van der Waals surface area contributed by atoms with Crippen LogP contribution in [0, 0.1) is 0 Å². The molecule has 2 rings (SSSR count). The monoisotopic (exact) mass is 235 g/mol. The Kier molecular flexibility index (Phi) is 3.64. The van der Waals surface area contributed by atoms with Gasteiger partial charge in [-0.05, 0) is 31.4 Å². The third-order valence-electron chi connectivity index (χ3n) is 3.13. The molecule has 4 nitrogen and oxygen atoms in total. The highest BCUT2D eigenvalue weighted by Gasteiger charge is 2.37. The smallest absolute Gasteiger partial charge is 0.258 e. The number of hydrogen-bond acceptors (Lipinski definition) is 3. The third-order valence-corrected chi connectivity index (χ3v) is 3.13. The van der Waals surface area contributed by atoms with Crippen molar-refractivity contribution in [2.45, 2.75) is 24.8 Å². The van der Waals surface area contributed by atoms with Crippen LogP contribution in [0.15, 0.2) is 30.3 Å². The van der Waals surface area contributed by atoms with E-state index in [2.05, 4.69) is 5.32 Å². The number of carbonyl (C=O) groups excluding carboxylic acids is 1. The summed E-state index contributed by atoms with van der Waals surface area (Å²) >= 11 is 0. The van der Waals surface area contributed by atoms with E-state index in [0.29, 0.717) is 5.75 Å². The Labute approximate surface area is 101 Å². The lowest BCUT2D eigenvalue weighted by Crippen LogP contribution is -2.57. The fourth-order valence-corrected chi connectivity index (χ4v) is 1.92. The second-order valence-corrected chi connectivity index (χ2v) is 4.44. The van der Waals surface area contributed by atoms with Crippen LogP contribution in [0.25, 0.3) is 0 Å². The molecule has 1 fully saturated rings. The van der Waals surface area contributed by atoms with Crippen LogP contribution in [-0.4, -0.2) is 29.8 Å². The second-order valence-electron chi connectivity index (χ2n) is 4.44. The molecule has 1 aromatic carbocycles. The van der Waals surface area contributed by atoms with Crippen LogP contribution in [-0.2, 0) is 4.79 Å². The molecule has 17 heavy (non-hydrogen) atoms. The van der Waals surface area contributed by atoms with Crippen LogP contribution in [0.5, 0.6) is 5.75 Å². The molecule has 0 atom stereocenters. The number of carbonyl (C=O) groups is 1. The first-order chi connectivity index (χ1) is 8.24. The van der Waals surface area contributed by atoms with Gasteiger partial charge >= 0.3 is 0 Å². The first kappa shape index (κ1) is 11.9. The molecule has 0 aromatic heterocycles. The van der Waals surface area contributed by atoms with Crippen molar-refractivity contribution in [1.82, 2.24) is 5.32 Å². The van der Waals surface area contributed by atoms with Gasteiger partial charge in [0.15, 0.2) is 6.61 Å². The van der Waals surface area contributed by atoms with Gasteiger partial charge in [0.25, 0.3) is 5.91 Å². The van der Waals surface area contributed by atoms with Crippen LogP contribution < -0.4 is 10.1 Å². The van der Waals surface area contributed by atoms with Gasteiger partial charge in [0, 0.05) is 0 Å². The molecule has 4 heteroatoms. The van der Waals surface area contributed by atoms with Crippen molar-refractivity contribution in [2.75, 3.05) is 13.2 Å². The van der Waals surface area contributed by atoms with Crippen LogP contribution in [0.1, 0.15) is 19.3 Å². The molecule has 0 bridgehead atoms. The van der Waals surface area contributed by atoms with Crippen molar-refractivity contribution >= 4 is 5.91 Å². The summed E-state index contributed by atoms with van der Waals surface area (Å²) in [5.41, 5.74) is -0.392. The normalized spacial score (nSPS) is 17.0. The molecule has 1 amide bonds. The molecule has 0 radical (unpaired) electrons. The fraction of sp³-hybridized carbons (Fsp3) is 0.462. The Morgan fingerprint density at radius 1 is 1.35 bits per heavy atom. The number of aliphatic hydroxyl groups is 1. The number of amides is 1. The van der Waals surface area contributed by atoms with E-state index in [9.17, 15) is 9.90 Å². The summed E-state index contributed by atoms with van der Waals surface area (Å²) in [6.07, 6.45) is 2.75. The van der Waals surface area contributed by atoms with E-state index in [-0.39, 0.29) is 19.1 Å². The molecule has 1 aliphatic rings. The van der Waals surface area contributed by atoms with Crippen LogP contribution >= 0.6 is 0 Å². The summed E-state index contributed by atoms with van der Waals surface area (Å²) in [5.74, 6) is 0.497. The third kappa shape index (κ3) is 2.97. The van der Waals surface area contributed by atoms with Crippen LogP contribution in [0.2, 0.25) is 0 Å². The Morgan fingerprint density at radius 3 is 2.59 bits per heavy atom. The minimum atomic E-state index is -0.392. The molecular weight excluding hydrogens is 218 g/mol. The zero-order valence-corrected chi connectivity index (χ0v) is 9.69. The first-order valence-electron chi connectivity index (χ1n) is 5.84. The predicted octanol–water partition coefficient (Wildman–Crippen LogP) is 1.10. The molecule has 1 aliphatic carbocycles. The SMILES string of the molecule is O=C(COc1ccccc1)NC1(CO)CCC1. The number of para-hydroxylation sites is 1. The lowest BCUT2D eigenvalue weighted by Gasteiger charge is -2.40. The maximum Gasteiger partial charge on any atom is 0.258 e. The van der Waals surface area contributed by atoms with Crippen molar-refractivity contribution in [2.24, 2.45) is 0 Å². The molecule has 2 N–H and O–H groups in total. The lowest BCUT2D eigenvalue weighted by atomic mass is 9.77. The summed E-state index contributed by atoms with van der Waals surface area (Å²) in [5, 5.41) is 12.1. The number of hydrogen-bond donors (Lipinski definition) is 2. The zero-order chi connectivity index (χ0) is 12.1. The first-order valence-corrected chi connectivity index (χ1v) is 5.84. The van der Waals surface area contributed by atoms with Crippen molar-refractivity contribution in [3.8, 4) is 5.75 Å². The Morgan fingerprint density at radius 2 is 2.06 bits per heavy atom. The van der Waals surface area contributed by atoms with E-state index < -0.39 is 5.54 Å². The molecule has 1 saturated carbocycles. The topological polar surface area (TPSA) is 58.6 Å². The van der Waals surface area contributed by atoms with Crippen molar-refractivity contribution in [3.63, 3.8) is 0 Å². The number of benzene rings is 1. The summed E-state index contributed by atoms with van der Waals surface area (Å²) in [6, 6.07) is 9.21. The summed E-state index contributed by atoms with van der Waals surface area (Å²) in [4.78, 5) is 11.6. The standard InChI is InChI=1S/C13H17NO3/c15-10-13(7-4-8-13)14-12(16)9-17-11-5-2-1-3-6-11/h1-3,5-6,15H,4,7-10H2,(H,14,16). The van der Waals surface area contributed by atoms with E-state index in [1.807, 2.05) is 18.2 Å². The quantitative estimate of drug-likeness (QED) is 0.803. The van der Waals surface area contributed by atoms with Crippen LogP contribution in [0.3, 0.4) is 0 Å². The van der Waals surface area contributed by atoms with E-state index in [1.165, 1.54) is 0 Å². The average Bonchev–Trinajstić information content (AvgIpc) is 2.33. The minimum Gasteiger partial charge on any atom is -0.484 e. The fourth-order valence-electron chi connectivity index (χ4n) is 1.92. The van der Waals surface area contributed by atoms with E-state index in [1.54, 1.807) is 12.1 Å². The van der Waals surface area contributed by atoms with Gasteiger partial charge in [0.2, 0.25) is 0 Å². The Hall–Kier alpha value is -1.55. The number of nitrogens with one attached hydrogen (secondary N) is 1. The summed E-state index contributed by atoms with van der Waals surface area (Å²) in [6.45, 7) is -0.00413. The highest BCUT2D eigenvalue weighted by atomic mass is 16.5. The van der Waals surface area contributed by atoms with Gasteiger partial charge in [-0.1, -0.05) is 18.2 Å². The maximum absolute atomic E-state index is 11.6. The summed E-state index contributed by atoms with van der Waals surface area (Å²) < 4.78 is 5.33.